The van der Waals surface area contributed by atoms with Gasteiger partial charge in [0.2, 0.25) is 0 Å². The number of hydrogen-bond acceptors (Lipinski definition) is 8. The van der Waals surface area contributed by atoms with Crippen molar-refractivity contribution in [2.75, 3.05) is 29.9 Å². The maximum Gasteiger partial charge on any atom is 0.189 e. The SMILES string of the molecule is N#Cc1cnc(Nc2cc(CN3CCS(=O)(=O)CC3)ccn2)s1. The van der Waals surface area contributed by atoms with E-state index in [1.807, 2.05) is 18.2 Å². The van der Waals surface area contributed by atoms with Crippen LogP contribution in [0.2, 0.25) is 0 Å². The van der Waals surface area contributed by atoms with Crippen LogP contribution in [0.5, 0.6) is 0 Å². The van der Waals surface area contributed by atoms with Gasteiger partial charge in [-0.2, -0.15) is 5.26 Å². The summed E-state index contributed by atoms with van der Waals surface area (Å²) in [6.07, 6.45) is 3.22. The Bertz CT molecular complexity index is 827. The zero-order valence-electron chi connectivity index (χ0n) is 12.3. The number of anilines is 2. The quantitative estimate of drug-likeness (QED) is 0.890. The lowest BCUT2D eigenvalue weighted by atomic mass is 10.2. The van der Waals surface area contributed by atoms with Gasteiger partial charge in [0.05, 0.1) is 17.7 Å². The molecule has 2 aromatic heterocycles. The Hall–Kier alpha value is -2.02. The summed E-state index contributed by atoms with van der Waals surface area (Å²) < 4.78 is 22.9. The molecule has 120 valence electrons. The molecule has 0 amide bonds. The van der Waals surface area contributed by atoms with Crippen LogP contribution in [0.25, 0.3) is 0 Å². The molecular weight excluding hydrogens is 334 g/mol. The second-order valence-corrected chi connectivity index (χ2v) is 8.58. The maximum atomic E-state index is 11.5. The summed E-state index contributed by atoms with van der Waals surface area (Å²) in [6, 6.07) is 5.87. The van der Waals surface area contributed by atoms with Crippen molar-refractivity contribution < 1.29 is 8.42 Å². The average Bonchev–Trinajstić information content (AvgIpc) is 2.97. The Morgan fingerprint density at radius 3 is 2.83 bits per heavy atom. The van der Waals surface area contributed by atoms with Crippen molar-refractivity contribution in [1.82, 2.24) is 14.9 Å². The van der Waals surface area contributed by atoms with Crippen LogP contribution in [0.4, 0.5) is 10.9 Å². The molecule has 3 heterocycles. The fourth-order valence-corrected chi connectivity index (χ4v) is 4.20. The van der Waals surface area contributed by atoms with Gasteiger partial charge in [-0.3, -0.25) is 4.90 Å². The third kappa shape index (κ3) is 4.25. The van der Waals surface area contributed by atoms with Gasteiger partial charge in [-0.25, -0.2) is 18.4 Å². The molecule has 1 N–H and O–H groups in total. The summed E-state index contributed by atoms with van der Waals surface area (Å²) in [6.45, 7) is 1.81. The van der Waals surface area contributed by atoms with Crippen molar-refractivity contribution in [3.63, 3.8) is 0 Å². The number of hydrogen-bond donors (Lipinski definition) is 1. The molecule has 7 nitrogen and oxygen atoms in total. The molecule has 0 atom stereocenters. The van der Waals surface area contributed by atoms with E-state index in [-0.39, 0.29) is 11.5 Å². The number of nitrogens with zero attached hydrogens (tertiary/aromatic N) is 4. The number of aromatic nitrogens is 2. The van der Waals surface area contributed by atoms with Gasteiger partial charge in [-0.15, -0.1) is 0 Å². The molecule has 0 aliphatic carbocycles. The highest BCUT2D eigenvalue weighted by Gasteiger charge is 2.21. The van der Waals surface area contributed by atoms with Gasteiger partial charge in [-0.05, 0) is 17.7 Å². The fraction of sp³-hybridized carbons (Fsp3) is 0.357. The Kier molecular flexibility index (Phi) is 4.56. The lowest BCUT2D eigenvalue weighted by Crippen LogP contribution is -2.39. The Balaban J connectivity index is 1.64. The Morgan fingerprint density at radius 2 is 2.13 bits per heavy atom. The first-order chi connectivity index (χ1) is 11.0. The van der Waals surface area contributed by atoms with Crippen molar-refractivity contribution >= 4 is 32.1 Å². The molecule has 23 heavy (non-hydrogen) atoms. The van der Waals surface area contributed by atoms with E-state index < -0.39 is 9.84 Å². The van der Waals surface area contributed by atoms with Crippen molar-refractivity contribution in [3.05, 3.63) is 35.0 Å². The smallest absolute Gasteiger partial charge is 0.189 e. The first-order valence-corrected chi connectivity index (χ1v) is 9.68. The molecule has 0 radical (unpaired) electrons. The first kappa shape index (κ1) is 15.9. The van der Waals surface area contributed by atoms with Crippen LogP contribution in [-0.4, -0.2) is 47.9 Å². The standard InChI is InChI=1S/C14H15N5O2S2/c15-8-12-9-17-14(22-12)18-13-7-11(1-2-16-13)10-19-3-5-23(20,21)6-4-19/h1-2,7,9H,3-6,10H2,(H,16,17,18). The topological polar surface area (TPSA) is 99.0 Å². The monoisotopic (exact) mass is 349 g/mol. The van der Waals surface area contributed by atoms with E-state index in [1.54, 1.807) is 6.20 Å². The van der Waals surface area contributed by atoms with Crippen molar-refractivity contribution in [2.45, 2.75) is 6.54 Å². The molecule has 0 unspecified atom stereocenters. The predicted molar refractivity (Wildman–Crippen MR) is 88.3 cm³/mol. The second-order valence-electron chi connectivity index (χ2n) is 5.24. The van der Waals surface area contributed by atoms with Crippen LogP contribution in [0.1, 0.15) is 10.4 Å². The minimum atomic E-state index is -2.86. The van der Waals surface area contributed by atoms with Crippen LogP contribution in [0.15, 0.2) is 24.5 Å². The highest BCUT2D eigenvalue weighted by molar-refractivity contribution is 7.91. The largest absolute Gasteiger partial charge is 0.316 e. The highest BCUT2D eigenvalue weighted by atomic mass is 32.2. The minimum absolute atomic E-state index is 0.221. The molecule has 1 aliphatic heterocycles. The molecule has 3 rings (SSSR count). The van der Waals surface area contributed by atoms with Gasteiger partial charge in [-0.1, -0.05) is 11.3 Å². The third-order valence-electron chi connectivity index (χ3n) is 3.52. The summed E-state index contributed by atoms with van der Waals surface area (Å²) in [5.74, 6) is 1.10. The van der Waals surface area contributed by atoms with Crippen molar-refractivity contribution in [2.24, 2.45) is 0 Å². The van der Waals surface area contributed by atoms with Gasteiger partial charge in [0.25, 0.3) is 0 Å². The normalized spacial score (nSPS) is 17.5. The lowest BCUT2D eigenvalue weighted by molar-refractivity contribution is 0.287. The van der Waals surface area contributed by atoms with E-state index in [0.29, 0.717) is 35.5 Å². The van der Waals surface area contributed by atoms with Gasteiger partial charge < -0.3 is 5.32 Å². The van der Waals surface area contributed by atoms with Gasteiger partial charge >= 0.3 is 0 Å². The third-order valence-corrected chi connectivity index (χ3v) is 5.95. The number of sulfone groups is 1. The Labute approximate surface area is 138 Å². The van der Waals surface area contributed by atoms with E-state index in [2.05, 4.69) is 20.2 Å². The van der Waals surface area contributed by atoms with Crippen LogP contribution < -0.4 is 5.32 Å². The molecule has 2 aromatic rings. The van der Waals surface area contributed by atoms with Crippen molar-refractivity contribution in [1.29, 1.82) is 5.26 Å². The zero-order chi connectivity index (χ0) is 16.3. The number of thiazole rings is 1. The maximum absolute atomic E-state index is 11.5. The molecule has 0 spiro atoms. The summed E-state index contributed by atoms with van der Waals surface area (Å²) >= 11 is 1.27. The predicted octanol–water partition coefficient (Wildman–Crippen LogP) is 1.38. The van der Waals surface area contributed by atoms with Gasteiger partial charge in [0.15, 0.2) is 15.0 Å². The average molecular weight is 349 g/mol. The number of rotatable bonds is 4. The van der Waals surface area contributed by atoms with Crippen LogP contribution >= 0.6 is 11.3 Å². The number of pyridine rings is 1. The van der Waals surface area contributed by atoms with E-state index in [4.69, 9.17) is 5.26 Å². The van der Waals surface area contributed by atoms with E-state index >= 15 is 0 Å². The number of nitriles is 1. The lowest BCUT2D eigenvalue weighted by Gasteiger charge is -2.26. The van der Waals surface area contributed by atoms with Crippen LogP contribution in [0.3, 0.4) is 0 Å². The summed E-state index contributed by atoms with van der Waals surface area (Å²) in [4.78, 5) is 11.0. The summed E-state index contributed by atoms with van der Waals surface area (Å²) in [5, 5.41) is 12.5. The molecule has 1 fully saturated rings. The molecule has 0 saturated carbocycles. The molecule has 1 aliphatic rings. The summed E-state index contributed by atoms with van der Waals surface area (Å²) in [5.41, 5.74) is 1.05. The molecule has 0 bridgehead atoms. The molecular formula is C14H15N5O2S2. The molecule has 1 saturated heterocycles. The van der Waals surface area contributed by atoms with Crippen LogP contribution in [-0.2, 0) is 16.4 Å². The van der Waals surface area contributed by atoms with E-state index in [0.717, 1.165) is 5.56 Å². The Morgan fingerprint density at radius 1 is 1.35 bits per heavy atom. The highest BCUT2D eigenvalue weighted by Crippen LogP contribution is 2.21. The molecule has 9 heteroatoms. The zero-order valence-corrected chi connectivity index (χ0v) is 13.9. The van der Waals surface area contributed by atoms with Crippen LogP contribution in [0, 0.1) is 11.3 Å². The summed E-state index contributed by atoms with van der Waals surface area (Å²) in [7, 11) is -2.86. The van der Waals surface area contributed by atoms with E-state index in [1.165, 1.54) is 17.5 Å². The van der Waals surface area contributed by atoms with Crippen molar-refractivity contribution in [3.8, 4) is 6.07 Å². The fourth-order valence-electron chi connectivity index (χ4n) is 2.30. The van der Waals surface area contributed by atoms with Gasteiger partial charge in [0.1, 0.15) is 16.8 Å². The minimum Gasteiger partial charge on any atom is -0.316 e. The van der Waals surface area contributed by atoms with Gasteiger partial charge in [0, 0.05) is 25.8 Å². The van der Waals surface area contributed by atoms with E-state index in [9.17, 15) is 8.42 Å². The number of nitrogens with one attached hydrogen (secondary N) is 1. The second kappa shape index (κ2) is 6.62. The molecule has 0 aromatic carbocycles. The first-order valence-electron chi connectivity index (χ1n) is 7.05.